The predicted molar refractivity (Wildman–Crippen MR) is 106 cm³/mol. The van der Waals surface area contributed by atoms with Gasteiger partial charge >= 0.3 is 11.6 Å². The number of nitrogens with zero attached hydrogens (tertiary/aromatic N) is 1. The van der Waals surface area contributed by atoms with Gasteiger partial charge < -0.3 is 19.2 Å². The van der Waals surface area contributed by atoms with E-state index in [1.54, 1.807) is 13.0 Å². The van der Waals surface area contributed by atoms with E-state index in [1.807, 2.05) is 13.0 Å². The number of ether oxygens (including phenoxy) is 1. The van der Waals surface area contributed by atoms with E-state index in [4.69, 9.17) is 9.15 Å². The van der Waals surface area contributed by atoms with Crippen molar-refractivity contribution in [3.8, 4) is 5.75 Å². The second-order valence-corrected chi connectivity index (χ2v) is 7.91. The Kier molecular flexibility index (Phi) is 5.06. The molecule has 2 aliphatic rings. The highest BCUT2D eigenvalue weighted by Crippen LogP contribution is 2.33. The number of amides is 1. The molecule has 1 unspecified atom stereocenters. The number of likely N-dealkylation sites (tertiary alicyclic amines) is 1. The molecule has 7 nitrogen and oxygen atoms in total. The smallest absolute Gasteiger partial charge is 0.339 e. The molecule has 0 spiro atoms. The molecule has 2 aromatic rings. The summed E-state index contributed by atoms with van der Waals surface area (Å²) in [5, 5.41) is 10.2. The van der Waals surface area contributed by atoms with Crippen LogP contribution in [0.3, 0.4) is 0 Å². The Labute approximate surface area is 168 Å². The maximum absolute atomic E-state index is 12.7. The quantitative estimate of drug-likeness (QED) is 0.794. The van der Waals surface area contributed by atoms with Crippen molar-refractivity contribution < 1.29 is 23.8 Å². The lowest BCUT2D eigenvalue weighted by Gasteiger charge is -2.26. The number of carbonyl (C=O) groups excluding carboxylic acids is 1. The third-order valence-corrected chi connectivity index (χ3v) is 6.06. The van der Waals surface area contributed by atoms with E-state index in [2.05, 4.69) is 0 Å². The van der Waals surface area contributed by atoms with Crippen molar-refractivity contribution in [1.29, 1.82) is 0 Å². The number of carboxylic acid groups (broad SMARTS) is 1. The van der Waals surface area contributed by atoms with Crippen LogP contribution in [0.25, 0.3) is 11.0 Å². The molecule has 0 saturated carbocycles. The van der Waals surface area contributed by atoms with Crippen LogP contribution in [0.15, 0.2) is 21.3 Å². The Morgan fingerprint density at radius 1 is 1.21 bits per heavy atom. The number of aryl methyl sites for hydroxylation is 2. The zero-order valence-electron chi connectivity index (χ0n) is 16.7. The van der Waals surface area contributed by atoms with Crippen LogP contribution in [-0.2, 0) is 22.4 Å². The van der Waals surface area contributed by atoms with Gasteiger partial charge in [0.15, 0.2) is 6.10 Å². The summed E-state index contributed by atoms with van der Waals surface area (Å²) in [6.07, 6.45) is 3.94. The lowest BCUT2D eigenvalue weighted by molar-refractivity contribution is -0.150. The molecule has 154 valence electrons. The van der Waals surface area contributed by atoms with Gasteiger partial charge in [0.1, 0.15) is 17.4 Å². The highest BCUT2D eigenvalue weighted by molar-refractivity contribution is 5.88. The molecule has 0 radical (unpaired) electrons. The molecular formula is C22H25NO6. The first-order valence-corrected chi connectivity index (χ1v) is 10.2. The molecule has 7 heteroatoms. The SMILES string of the molecule is Cc1c(OC(C)C(=O)N2CCC[C@@H]2C(=O)O)ccc2c3c(c(=O)oc12)CCCC3. The van der Waals surface area contributed by atoms with Gasteiger partial charge in [-0.1, -0.05) is 0 Å². The van der Waals surface area contributed by atoms with Crippen molar-refractivity contribution in [2.75, 3.05) is 6.54 Å². The molecular weight excluding hydrogens is 374 g/mol. The van der Waals surface area contributed by atoms with Gasteiger partial charge in [-0.15, -0.1) is 0 Å². The van der Waals surface area contributed by atoms with E-state index in [-0.39, 0.29) is 11.5 Å². The standard InChI is InChI=1S/C22H25NO6/c1-12-18(28-13(2)20(24)23-11-5-8-17(23)21(25)26)10-9-15-14-6-3-4-7-16(14)22(27)29-19(12)15/h9-10,13,17H,3-8,11H2,1-2H3,(H,25,26)/t13?,17-/m1/s1. The van der Waals surface area contributed by atoms with Gasteiger partial charge in [-0.3, -0.25) is 4.79 Å². The fraction of sp³-hybridized carbons (Fsp3) is 0.500. The summed E-state index contributed by atoms with van der Waals surface area (Å²) in [6, 6.07) is 2.89. The Morgan fingerprint density at radius 2 is 1.93 bits per heavy atom. The molecule has 1 aromatic heterocycles. The van der Waals surface area contributed by atoms with Crippen LogP contribution in [-0.4, -0.2) is 40.6 Å². The first kappa shape index (κ1) is 19.5. The first-order chi connectivity index (χ1) is 13.9. The molecule has 2 heterocycles. The van der Waals surface area contributed by atoms with E-state index >= 15 is 0 Å². The number of benzene rings is 1. The number of fused-ring (bicyclic) bond motifs is 3. The van der Waals surface area contributed by atoms with Gasteiger partial charge in [0.2, 0.25) is 0 Å². The first-order valence-electron chi connectivity index (χ1n) is 10.2. The third-order valence-electron chi connectivity index (χ3n) is 6.06. The minimum atomic E-state index is -0.989. The highest BCUT2D eigenvalue weighted by Gasteiger charge is 2.36. The van der Waals surface area contributed by atoms with Crippen LogP contribution >= 0.6 is 0 Å². The van der Waals surface area contributed by atoms with Gasteiger partial charge in [-0.05, 0) is 70.1 Å². The van der Waals surface area contributed by atoms with Crippen molar-refractivity contribution in [3.05, 3.63) is 39.2 Å². The van der Waals surface area contributed by atoms with E-state index in [0.29, 0.717) is 36.3 Å². The Hall–Kier alpha value is -2.83. The van der Waals surface area contributed by atoms with Gasteiger partial charge in [0.25, 0.3) is 5.91 Å². The van der Waals surface area contributed by atoms with Crippen LogP contribution < -0.4 is 10.4 Å². The van der Waals surface area contributed by atoms with Crippen LogP contribution in [0.4, 0.5) is 0 Å². The molecule has 0 bridgehead atoms. The average molecular weight is 399 g/mol. The monoisotopic (exact) mass is 399 g/mol. The molecule has 1 aliphatic heterocycles. The zero-order chi connectivity index (χ0) is 20.7. The summed E-state index contributed by atoms with van der Waals surface area (Å²) in [4.78, 5) is 37.9. The largest absolute Gasteiger partial charge is 0.480 e. The van der Waals surface area contributed by atoms with Gasteiger partial charge in [-0.2, -0.15) is 0 Å². The zero-order valence-corrected chi connectivity index (χ0v) is 16.7. The fourth-order valence-electron chi connectivity index (χ4n) is 4.51. The van der Waals surface area contributed by atoms with E-state index in [9.17, 15) is 19.5 Å². The molecule has 1 saturated heterocycles. The maximum Gasteiger partial charge on any atom is 0.339 e. The molecule has 1 aliphatic carbocycles. The summed E-state index contributed by atoms with van der Waals surface area (Å²) in [7, 11) is 0. The van der Waals surface area contributed by atoms with Gasteiger partial charge in [0, 0.05) is 23.1 Å². The second-order valence-electron chi connectivity index (χ2n) is 7.91. The third kappa shape index (κ3) is 3.39. The van der Waals surface area contributed by atoms with Crippen molar-refractivity contribution in [3.63, 3.8) is 0 Å². The van der Waals surface area contributed by atoms with Crippen molar-refractivity contribution in [2.24, 2.45) is 0 Å². The molecule has 2 atom stereocenters. The number of carbonyl (C=O) groups is 2. The minimum absolute atomic E-state index is 0.294. The van der Waals surface area contributed by atoms with Crippen molar-refractivity contribution >= 4 is 22.8 Å². The molecule has 1 aromatic carbocycles. The Balaban J connectivity index is 1.63. The fourth-order valence-corrected chi connectivity index (χ4v) is 4.51. The second kappa shape index (κ2) is 7.54. The number of hydrogen-bond acceptors (Lipinski definition) is 5. The lowest BCUT2D eigenvalue weighted by atomic mass is 9.90. The normalized spacial score (nSPS) is 19.8. The van der Waals surface area contributed by atoms with Gasteiger partial charge in [-0.25, -0.2) is 9.59 Å². The topological polar surface area (TPSA) is 97.0 Å². The van der Waals surface area contributed by atoms with Crippen LogP contribution in [0.1, 0.15) is 49.3 Å². The summed E-state index contributed by atoms with van der Waals surface area (Å²) >= 11 is 0. The summed E-state index contributed by atoms with van der Waals surface area (Å²) < 4.78 is 11.5. The Morgan fingerprint density at radius 3 is 2.66 bits per heavy atom. The molecule has 29 heavy (non-hydrogen) atoms. The predicted octanol–water partition coefficient (Wildman–Crippen LogP) is 2.82. The number of rotatable bonds is 4. The van der Waals surface area contributed by atoms with Crippen molar-refractivity contribution in [1.82, 2.24) is 4.90 Å². The molecule has 4 rings (SSSR count). The van der Waals surface area contributed by atoms with Crippen LogP contribution in [0.5, 0.6) is 5.75 Å². The average Bonchev–Trinajstić information content (AvgIpc) is 3.20. The number of carboxylic acids is 1. The number of hydrogen-bond donors (Lipinski definition) is 1. The molecule has 1 amide bonds. The van der Waals surface area contributed by atoms with E-state index in [1.165, 1.54) is 4.90 Å². The summed E-state index contributed by atoms with van der Waals surface area (Å²) in [5.74, 6) is -0.874. The van der Waals surface area contributed by atoms with Crippen molar-refractivity contribution in [2.45, 2.75) is 64.5 Å². The lowest BCUT2D eigenvalue weighted by Crippen LogP contribution is -2.46. The molecule has 1 fully saturated rings. The van der Waals surface area contributed by atoms with Crippen LogP contribution in [0, 0.1) is 6.92 Å². The molecule has 1 N–H and O–H groups in total. The van der Waals surface area contributed by atoms with Crippen LogP contribution in [0.2, 0.25) is 0 Å². The highest BCUT2D eigenvalue weighted by atomic mass is 16.5. The van der Waals surface area contributed by atoms with E-state index in [0.717, 1.165) is 42.2 Å². The Bertz CT molecular complexity index is 1040. The number of aliphatic carboxylic acids is 1. The summed E-state index contributed by atoms with van der Waals surface area (Å²) in [6.45, 7) is 3.84. The maximum atomic E-state index is 12.7. The van der Waals surface area contributed by atoms with E-state index < -0.39 is 18.1 Å². The van der Waals surface area contributed by atoms with Gasteiger partial charge in [0.05, 0.1) is 0 Å². The summed E-state index contributed by atoms with van der Waals surface area (Å²) in [5.41, 5.74) is 2.70. The minimum Gasteiger partial charge on any atom is -0.480 e.